The normalized spacial score (nSPS) is 26.8. The molecule has 2 aromatic carbocycles. The molecule has 6 rings (SSSR count). The summed E-state index contributed by atoms with van der Waals surface area (Å²) in [6.07, 6.45) is 7.51. The van der Waals surface area contributed by atoms with Crippen LogP contribution in [0.5, 0.6) is 5.75 Å². The first-order chi connectivity index (χ1) is 20.9. The molecule has 2 amide bonds. The lowest BCUT2D eigenvalue weighted by molar-refractivity contribution is -0.144. The number of aromatic hydroxyl groups is 1. The third-order valence-electron chi connectivity index (χ3n) is 10.2. The lowest BCUT2D eigenvalue weighted by atomic mass is 9.69. The molecule has 228 valence electrons. The van der Waals surface area contributed by atoms with Crippen molar-refractivity contribution in [3.63, 3.8) is 0 Å². The van der Waals surface area contributed by atoms with E-state index in [-0.39, 0.29) is 47.5 Å². The molecule has 4 atom stereocenters. The van der Waals surface area contributed by atoms with Crippen LogP contribution in [-0.4, -0.2) is 58.6 Å². The molecule has 7 heteroatoms. The van der Waals surface area contributed by atoms with Gasteiger partial charge in [0.25, 0.3) is 0 Å². The molecule has 3 heterocycles. The van der Waals surface area contributed by atoms with Crippen molar-refractivity contribution in [2.45, 2.75) is 77.5 Å². The van der Waals surface area contributed by atoms with Crippen LogP contribution in [-0.2, 0) is 20.9 Å². The number of imide groups is 1. The summed E-state index contributed by atoms with van der Waals surface area (Å²) in [5, 5.41) is 9.52. The Kier molecular flexibility index (Phi) is 8.83. The first kappa shape index (κ1) is 29.8. The van der Waals surface area contributed by atoms with E-state index in [1.165, 1.54) is 34.4 Å². The van der Waals surface area contributed by atoms with Crippen LogP contribution in [0, 0.1) is 23.6 Å². The van der Waals surface area contributed by atoms with Gasteiger partial charge < -0.3 is 9.84 Å². The van der Waals surface area contributed by atoms with Crippen LogP contribution in [0.4, 0.5) is 4.39 Å². The molecule has 3 fully saturated rings. The summed E-state index contributed by atoms with van der Waals surface area (Å²) in [6, 6.07) is 14.9. The lowest BCUT2D eigenvalue weighted by Gasteiger charge is -2.36. The summed E-state index contributed by atoms with van der Waals surface area (Å²) in [7, 11) is 0. The third kappa shape index (κ3) is 5.94. The second-order valence-corrected chi connectivity index (χ2v) is 12.6. The van der Waals surface area contributed by atoms with E-state index < -0.39 is 5.82 Å². The number of hydrogen-bond acceptors (Lipinski definition) is 5. The zero-order valence-corrected chi connectivity index (χ0v) is 25.3. The number of phenols is 1. The number of carbonyl (C=O) groups excluding carboxylic acids is 2. The SMILES string of the molecule is CCC1=C2[C@@H](CC/C(=C/c3ccc(O)c(F)c3)CC)OC[C@@H]2[C@@H]2C(=O)N(C3CCN(Cc4ccccc4)CC3)C(=O)[C@@H]2C1. The second kappa shape index (κ2) is 12.7. The zero-order chi connectivity index (χ0) is 30.1. The predicted molar refractivity (Wildman–Crippen MR) is 164 cm³/mol. The van der Waals surface area contributed by atoms with E-state index in [1.54, 1.807) is 11.0 Å². The van der Waals surface area contributed by atoms with Crippen LogP contribution in [0.2, 0.25) is 0 Å². The van der Waals surface area contributed by atoms with Gasteiger partial charge in [-0.05, 0) is 73.8 Å². The van der Waals surface area contributed by atoms with E-state index in [2.05, 4.69) is 43.0 Å². The number of carbonyl (C=O) groups is 2. The Hall–Kier alpha value is -3.29. The van der Waals surface area contributed by atoms with Crippen molar-refractivity contribution >= 4 is 17.9 Å². The van der Waals surface area contributed by atoms with E-state index in [9.17, 15) is 19.1 Å². The number of fused-ring (bicyclic) bond motifs is 3. The van der Waals surface area contributed by atoms with Crippen LogP contribution in [0.25, 0.3) is 6.08 Å². The van der Waals surface area contributed by atoms with Crippen LogP contribution >= 0.6 is 0 Å². The van der Waals surface area contributed by atoms with Crippen LogP contribution in [0.15, 0.2) is 65.3 Å². The van der Waals surface area contributed by atoms with Crippen LogP contribution in [0.3, 0.4) is 0 Å². The van der Waals surface area contributed by atoms with Gasteiger partial charge in [-0.3, -0.25) is 19.4 Å². The topological polar surface area (TPSA) is 70.1 Å². The molecular formula is C36H43FN2O4. The van der Waals surface area contributed by atoms with Crippen LogP contribution in [0.1, 0.15) is 69.9 Å². The highest BCUT2D eigenvalue weighted by Gasteiger charge is 2.58. The predicted octanol–water partition coefficient (Wildman–Crippen LogP) is 6.50. The summed E-state index contributed by atoms with van der Waals surface area (Å²) in [4.78, 5) is 31.9. The molecule has 6 nitrogen and oxygen atoms in total. The fourth-order valence-electron chi connectivity index (χ4n) is 7.89. The summed E-state index contributed by atoms with van der Waals surface area (Å²) in [6.45, 7) is 7.39. The number of hydrogen-bond donors (Lipinski definition) is 1. The highest BCUT2D eigenvalue weighted by molar-refractivity contribution is 6.06. The summed E-state index contributed by atoms with van der Waals surface area (Å²) < 4.78 is 20.3. The Morgan fingerprint density at radius 1 is 1.05 bits per heavy atom. The molecule has 43 heavy (non-hydrogen) atoms. The first-order valence-corrected chi connectivity index (χ1v) is 16.0. The van der Waals surface area contributed by atoms with Gasteiger partial charge in [-0.1, -0.05) is 67.5 Å². The van der Waals surface area contributed by atoms with Crippen molar-refractivity contribution < 1.29 is 23.8 Å². The molecule has 2 aromatic rings. The average Bonchev–Trinajstić information content (AvgIpc) is 3.55. The smallest absolute Gasteiger partial charge is 0.234 e. The molecule has 3 saturated heterocycles. The lowest BCUT2D eigenvalue weighted by Crippen LogP contribution is -2.47. The number of likely N-dealkylation sites (tertiary alicyclic amines) is 2. The minimum atomic E-state index is -0.622. The maximum Gasteiger partial charge on any atom is 0.234 e. The second-order valence-electron chi connectivity index (χ2n) is 12.6. The number of ether oxygens (including phenoxy) is 1. The minimum Gasteiger partial charge on any atom is -0.505 e. The molecule has 0 spiro atoms. The van der Waals surface area contributed by atoms with E-state index in [4.69, 9.17) is 4.74 Å². The van der Waals surface area contributed by atoms with Gasteiger partial charge >= 0.3 is 0 Å². The molecule has 0 bridgehead atoms. The maximum absolute atomic E-state index is 14.0. The van der Waals surface area contributed by atoms with E-state index in [1.807, 2.05) is 12.1 Å². The number of nitrogens with zero attached hydrogens (tertiary/aromatic N) is 2. The van der Waals surface area contributed by atoms with Gasteiger partial charge in [0.2, 0.25) is 11.8 Å². The molecule has 0 unspecified atom stereocenters. The Balaban J connectivity index is 1.12. The molecule has 0 aromatic heterocycles. The highest BCUT2D eigenvalue weighted by Crippen LogP contribution is 2.51. The molecule has 1 N–H and O–H groups in total. The minimum absolute atomic E-state index is 0.0157. The van der Waals surface area contributed by atoms with Gasteiger partial charge in [-0.15, -0.1) is 0 Å². The van der Waals surface area contributed by atoms with Gasteiger partial charge in [0, 0.05) is 31.6 Å². The maximum atomic E-state index is 14.0. The fraction of sp³-hybridized carbons (Fsp3) is 0.500. The van der Waals surface area contributed by atoms with Gasteiger partial charge in [0.1, 0.15) is 0 Å². The quantitative estimate of drug-likeness (QED) is 0.269. The summed E-state index contributed by atoms with van der Waals surface area (Å²) >= 11 is 0. The van der Waals surface area contributed by atoms with Crippen molar-refractivity contribution in [2.24, 2.45) is 17.8 Å². The largest absolute Gasteiger partial charge is 0.505 e. The fourth-order valence-corrected chi connectivity index (χ4v) is 7.89. The van der Waals surface area contributed by atoms with Crippen molar-refractivity contribution in [3.8, 4) is 5.75 Å². The number of benzene rings is 2. The van der Waals surface area contributed by atoms with Gasteiger partial charge in [-0.2, -0.15) is 0 Å². The van der Waals surface area contributed by atoms with Crippen molar-refractivity contribution in [3.05, 3.63) is 82.2 Å². The molecule has 1 aliphatic carbocycles. The molecule has 4 aliphatic rings. The molecule has 0 saturated carbocycles. The number of halogens is 1. The van der Waals surface area contributed by atoms with E-state index in [0.29, 0.717) is 13.0 Å². The standard InChI is InChI=1S/C36H43FN2O4/c1-3-23(18-25-10-12-31(40)30(37)19-25)11-13-32-33-26(4-2)20-28-34(29(33)22-43-32)36(42)39(35(28)41)27-14-16-38(17-15-27)21-24-8-6-5-7-9-24/h5-10,12,18-19,27-29,32,34,40H,3-4,11,13-17,20-22H2,1-2H3/b23-18+/t28-,29+,32-,34-/m1/s1. The Labute approximate surface area is 254 Å². The number of allylic oxidation sites excluding steroid dienone is 2. The van der Waals surface area contributed by atoms with Crippen molar-refractivity contribution in [2.75, 3.05) is 19.7 Å². The number of amides is 2. The average molecular weight is 587 g/mol. The number of piperidine rings is 1. The Morgan fingerprint density at radius 3 is 2.51 bits per heavy atom. The molecule has 0 radical (unpaired) electrons. The monoisotopic (exact) mass is 586 g/mol. The van der Waals surface area contributed by atoms with Gasteiger partial charge in [0.05, 0.1) is 24.5 Å². The first-order valence-electron chi connectivity index (χ1n) is 16.0. The Bertz CT molecular complexity index is 1410. The van der Waals surface area contributed by atoms with Gasteiger partial charge in [0.15, 0.2) is 11.6 Å². The van der Waals surface area contributed by atoms with E-state index in [0.717, 1.165) is 63.7 Å². The third-order valence-corrected chi connectivity index (χ3v) is 10.2. The van der Waals surface area contributed by atoms with Crippen molar-refractivity contribution in [1.82, 2.24) is 9.80 Å². The summed E-state index contributed by atoms with van der Waals surface area (Å²) in [5.74, 6) is -1.53. The van der Waals surface area contributed by atoms with E-state index >= 15 is 0 Å². The highest BCUT2D eigenvalue weighted by atomic mass is 19.1. The molecule has 3 aliphatic heterocycles. The Morgan fingerprint density at radius 2 is 1.81 bits per heavy atom. The molecular weight excluding hydrogens is 543 g/mol. The summed E-state index contributed by atoms with van der Waals surface area (Å²) in [5.41, 5.74) is 5.75. The number of phenolic OH excluding ortho intramolecular Hbond substituents is 1. The van der Waals surface area contributed by atoms with Crippen molar-refractivity contribution in [1.29, 1.82) is 0 Å². The number of rotatable bonds is 9. The zero-order valence-electron chi connectivity index (χ0n) is 25.3. The van der Waals surface area contributed by atoms with Crippen LogP contribution < -0.4 is 0 Å². The van der Waals surface area contributed by atoms with Gasteiger partial charge in [-0.25, -0.2) is 4.39 Å².